The van der Waals surface area contributed by atoms with Gasteiger partial charge in [-0.1, -0.05) is 43.1 Å². The number of hydrogen-bond acceptors (Lipinski definition) is 2. The standard InChI is InChI=1S/C15H18Cl2N2/c1-3-4-9-15(12-7-5-6-8-13(12)17)18-11(2)14(10-16)19-15/h5-8H,3-4,9-10H2,1-2H3. The van der Waals surface area contributed by atoms with Crippen molar-refractivity contribution in [2.45, 2.75) is 38.8 Å². The molecule has 0 amide bonds. The number of halogens is 2. The fourth-order valence-corrected chi connectivity index (χ4v) is 2.91. The second-order valence-corrected chi connectivity index (χ2v) is 5.46. The maximum atomic E-state index is 6.34. The zero-order valence-corrected chi connectivity index (χ0v) is 12.8. The molecule has 4 heteroatoms. The average Bonchev–Trinajstić information content (AvgIpc) is 2.74. The van der Waals surface area contributed by atoms with Gasteiger partial charge >= 0.3 is 0 Å². The highest BCUT2D eigenvalue weighted by Crippen LogP contribution is 2.40. The summed E-state index contributed by atoms with van der Waals surface area (Å²) in [5.74, 6) is 0.396. The van der Waals surface area contributed by atoms with Crippen LogP contribution in [0, 0.1) is 0 Å². The first kappa shape index (κ1) is 14.5. The molecule has 0 spiro atoms. The Balaban J connectivity index is 2.49. The van der Waals surface area contributed by atoms with Crippen molar-refractivity contribution in [3.63, 3.8) is 0 Å². The van der Waals surface area contributed by atoms with Crippen LogP contribution in [0.2, 0.25) is 5.02 Å². The number of alkyl halides is 1. The van der Waals surface area contributed by atoms with Crippen molar-refractivity contribution in [3.8, 4) is 0 Å². The van der Waals surface area contributed by atoms with E-state index in [1.807, 2.05) is 31.2 Å². The van der Waals surface area contributed by atoms with Gasteiger partial charge in [-0.15, -0.1) is 11.6 Å². The molecule has 0 saturated carbocycles. The van der Waals surface area contributed by atoms with Gasteiger partial charge in [0.1, 0.15) is 0 Å². The molecule has 0 radical (unpaired) electrons. The van der Waals surface area contributed by atoms with Crippen molar-refractivity contribution < 1.29 is 0 Å². The number of hydrogen-bond donors (Lipinski definition) is 0. The highest BCUT2D eigenvalue weighted by Gasteiger charge is 2.37. The topological polar surface area (TPSA) is 24.7 Å². The first-order valence-electron chi connectivity index (χ1n) is 6.59. The molecule has 19 heavy (non-hydrogen) atoms. The summed E-state index contributed by atoms with van der Waals surface area (Å²) in [6.07, 6.45) is 3.03. The third kappa shape index (κ3) is 2.85. The molecule has 0 bridgehead atoms. The van der Waals surface area contributed by atoms with E-state index in [1.165, 1.54) is 0 Å². The third-order valence-electron chi connectivity index (χ3n) is 3.40. The summed E-state index contributed by atoms with van der Waals surface area (Å²) in [5.41, 5.74) is 2.20. The lowest BCUT2D eigenvalue weighted by atomic mass is 9.95. The molecule has 102 valence electrons. The summed E-state index contributed by atoms with van der Waals surface area (Å²) in [6, 6.07) is 7.81. The molecule has 1 aromatic carbocycles. The lowest BCUT2D eigenvalue weighted by Crippen LogP contribution is -2.20. The molecule has 1 aromatic rings. The molecule has 1 heterocycles. The van der Waals surface area contributed by atoms with Gasteiger partial charge in [-0.25, -0.2) is 0 Å². The SMILES string of the molecule is CCCCC1(c2ccccc2Cl)N=C(C)C(CCl)=N1. The van der Waals surface area contributed by atoms with Crippen molar-refractivity contribution in [1.29, 1.82) is 0 Å². The third-order valence-corrected chi connectivity index (χ3v) is 3.98. The van der Waals surface area contributed by atoms with Gasteiger partial charge in [0.05, 0.1) is 17.3 Å². The fraction of sp³-hybridized carbons (Fsp3) is 0.467. The predicted octanol–water partition coefficient (Wildman–Crippen LogP) is 4.84. The van der Waals surface area contributed by atoms with Crippen LogP contribution in [0.25, 0.3) is 0 Å². The summed E-state index contributed by atoms with van der Waals surface area (Å²) in [7, 11) is 0. The number of nitrogens with zero attached hydrogens (tertiary/aromatic N) is 2. The van der Waals surface area contributed by atoms with Crippen LogP contribution >= 0.6 is 23.2 Å². The van der Waals surface area contributed by atoms with Gasteiger partial charge in [0.2, 0.25) is 0 Å². The van der Waals surface area contributed by atoms with Crippen LogP contribution in [0.15, 0.2) is 34.3 Å². The van der Waals surface area contributed by atoms with Crippen molar-refractivity contribution >= 4 is 34.6 Å². The van der Waals surface area contributed by atoms with Gasteiger partial charge in [-0.3, -0.25) is 9.98 Å². The lowest BCUT2D eigenvalue weighted by Gasteiger charge is -2.24. The number of unbranched alkanes of at least 4 members (excludes halogenated alkanes) is 1. The summed E-state index contributed by atoms with van der Waals surface area (Å²) in [5, 5.41) is 0.717. The molecule has 2 nitrogen and oxygen atoms in total. The average molecular weight is 297 g/mol. The predicted molar refractivity (Wildman–Crippen MR) is 83.9 cm³/mol. The van der Waals surface area contributed by atoms with Crippen LogP contribution in [-0.4, -0.2) is 17.3 Å². The minimum absolute atomic E-state index is 0.396. The van der Waals surface area contributed by atoms with Gasteiger partial charge in [-0.2, -0.15) is 0 Å². The van der Waals surface area contributed by atoms with E-state index in [0.29, 0.717) is 5.88 Å². The molecule has 0 saturated heterocycles. The van der Waals surface area contributed by atoms with E-state index >= 15 is 0 Å². The highest BCUT2D eigenvalue weighted by molar-refractivity contribution is 6.51. The van der Waals surface area contributed by atoms with Gasteiger partial charge in [0.25, 0.3) is 0 Å². The Hall–Kier alpha value is -0.860. The number of rotatable bonds is 5. The van der Waals surface area contributed by atoms with Gasteiger partial charge in [0, 0.05) is 10.6 Å². The Bertz CT molecular complexity index is 523. The highest BCUT2D eigenvalue weighted by atomic mass is 35.5. The summed E-state index contributed by atoms with van der Waals surface area (Å²) in [4.78, 5) is 9.57. The first-order chi connectivity index (χ1) is 9.13. The van der Waals surface area contributed by atoms with Crippen molar-refractivity contribution in [1.82, 2.24) is 0 Å². The molecule has 2 rings (SSSR count). The van der Waals surface area contributed by atoms with Crippen LogP contribution in [0.4, 0.5) is 0 Å². The Kier molecular flexibility index (Phi) is 4.64. The Labute approximate surface area is 124 Å². The molecule has 0 aromatic heterocycles. The van der Waals surface area contributed by atoms with E-state index < -0.39 is 5.66 Å². The minimum atomic E-state index is -0.567. The van der Waals surface area contributed by atoms with E-state index in [9.17, 15) is 0 Å². The normalized spacial score (nSPS) is 22.3. The van der Waals surface area contributed by atoms with Crippen LogP contribution in [0.3, 0.4) is 0 Å². The van der Waals surface area contributed by atoms with E-state index in [0.717, 1.165) is 41.3 Å². The minimum Gasteiger partial charge on any atom is -0.254 e. The van der Waals surface area contributed by atoms with Crippen LogP contribution in [0.5, 0.6) is 0 Å². The summed E-state index contributed by atoms with van der Waals surface area (Å²) >= 11 is 12.3. The van der Waals surface area contributed by atoms with E-state index in [-0.39, 0.29) is 0 Å². The molecule has 1 unspecified atom stereocenters. The van der Waals surface area contributed by atoms with Crippen LogP contribution < -0.4 is 0 Å². The zero-order valence-electron chi connectivity index (χ0n) is 11.3. The maximum absolute atomic E-state index is 6.34. The molecule has 1 atom stereocenters. The van der Waals surface area contributed by atoms with Crippen molar-refractivity contribution in [2.75, 3.05) is 5.88 Å². The molecular weight excluding hydrogens is 279 g/mol. The molecular formula is C15H18Cl2N2. The second-order valence-electron chi connectivity index (χ2n) is 4.79. The molecule has 0 fully saturated rings. The van der Waals surface area contributed by atoms with Gasteiger partial charge < -0.3 is 0 Å². The second kappa shape index (κ2) is 6.06. The molecule has 0 aliphatic carbocycles. The molecule has 1 aliphatic rings. The first-order valence-corrected chi connectivity index (χ1v) is 7.50. The quantitative estimate of drug-likeness (QED) is 0.695. The summed E-state index contributed by atoms with van der Waals surface area (Å²) < 4.78 is 0. The Morgan fingerprint density at radius 3 is 2.53 bits per heavy atom. The largest absolute Gasteiger partial charge is 0.254 e. The van der Waals surface area contributed by atoms with Crippen molar-refractivity contribution in [2.24, 2.45) is 9.98 Å². The smallest absolute Gasteiger partial charge is 0.177 e. The molecule has 0 N–H and O–H groups in total. The number of benzene rings is 1. The van der Waals surface area contributed by atoms with Crippen LogP contribution in [0.1, 0.15) is 38.7 Å². The van der Waals surface area contributed by atoms with Gasteiger partial charge in [-0.05, 0) is 25.8 Å². The van der Waals surface area contributed by atoms with Crippen molar-refractivity contribution in [3.05, 3.63) is 34.9 Å². The Morgan fingerprint density at radius 1 is 1.21 bits per heavy atom. The van der Waals surface area contributed by atoms with E-state index in [4.69, 9.17) is 33.2 Å². The monoisotopic (exact) mass is 296 g/mol. The fourth-order valence-electron chi connectivity index (χ4n) is 2.37. The van der Waals surface area contributed by atoms with Crippen LogP contribution in [-0.2, 0) is 5.66 Å². The maximum Gasteiger partial charge on any atom is 0.177 e. The van der Waals surface area contributed by atoms with Gasteiger partial charge in [0.15, 0.2) is 5.66 Å². The zero-order chi connectivity index (χ0) is 13.9. The number of aliphatic imine (C=N–C) groups is 2. The van der Waals surface area contributed by atoms with E-state index in [1.54, 1.807) is 0 Å². The molecule has 1 aliphatic heterocycles. The Morgan fingerprint density at radius 2 is 1.95 bits per heavy atom. The lowest BCUT2D eigenvalue weighted by molar-refractivity contribution is 0.424. The summed E-state index contributed by atoms with van der Waals surface area (Å²) in [6.45, 7) is 4.13. The van der Waals surface area contributed by atoms with E-state index in [2.05, 4.69) is 6.92 Å².